The first kappa shape index (κ1) is 9.14. The van der Waals surface area contributed by atoms with Crippen LogP contribution in [0.5, 0.6) is 0 Å². The van der Waals surface area contributed by atoms with Crippen LogP contribution in [0.4, 0.5) is 6.01 Å². The topological polar surface area (TPSA) is 81.2 Å². The lowest BCUT2D eigenvalue weighted by Gasteiger charge is -1.95. The molecule has 1 N–H and O–H groups in total. The van der Waals surface area contributed by atoms with Crippen molar-refractivity contribution in [3.63, 3.8) is 0 Å². The number of carbonyl (C=O) groups is 1. The van der Waals surface area contributed by atoms with Crippen molar-refractivity contribution in [3.05, 3.63) is 30.0 Å². The van der Waals surface area contributed by atoms with Crippen molar-refractivity contribution >= 4 is 11.9 Å². The average molecular weight is 219 g/mol. The standard InChI is InChI=1S/C10H9N3O3/c14-8(7-2-1-5-15-7)11-10-13-12-9(16-10)6-3-4-6/h1-2,5-6H,3-4H2,(H,11,13,14). The molecule has 1 saturated carbocycles. The molecule has 0 unspecified atom stereocenters. The molecule has 0 saturated heterocycles. The quantitative estimate of drug-likeness (QED) is 0.851. The molecule has 0 spiro atoms. The van der Waals surface area contributed by atoms with E-state index in [-0.39, 0.29) is 11.8 Å². The van der Waals surface area contributed by atoms with Crippen LogP contribution in [0, 0.1) is 0 Å². The van der Waals surface area contributed by atoms with Gasteiger partial charge in [0.15, 0.2) is 5.76 Å². The van der Waals surface area contributed by atoms with Gasteiger partial charge in [0, 0.05) is 5.92 Å². The van der Waals surface area contributed by atoms with Gasteiger partial charge in [-0.3, -0.25) is 10.1 Å². The van der Waals surface area contributed by atoms with E-state index in [1.807, 2.05) is 0 Å². The normalized spacial score (nSPS) is 15.0. The van der Waals surface area contributed by atoms with Crippen molar-refractivity contribution in [2.75, 3.05) is 5.32 Å². The molecule has 0 atom stereocenters. The van der Waals surface area contributed by atoms with Crippen molar-refractivity contribution in [1.82, 2.24) is 10.2 Å². The average Bonchev–Trinajstić information content (AvgIpc) is 2.82. The molecular formula is C10H9N3O3. The molecule has 6 nitrogen and oxygen atoms in total. The summed E-state index contributed by atoms with van der Waals surface area (Å²) in [7, 11) is 0. The maximum atomic E-state index is 11.5. The number of aromatic nitrogens is 2. The Bertz CT molecular complexity index is 499. The Balaban J connectivity index is 1.71. The summed E-state index contributed by atoms with van der Waals surface area (Å²) in [4.78, 5) is 11.5. The molecule has 1 amide bonds. The van der Waals surface area contributed by atoms with E-state index < -0.39 is 5.91 Å². The fraction of sp³-hybridized carbons (Fsp3) is 0.300. The Morgan fingerprint density at radius 2 is 2.31 bits per heavy atom. The van der Waals surface area contributed by atoms with Gasteiger partial charge in [-0.25, -0.2) is 0 Å². The minimum absolute atomic E-state index is 0.114. The zero-order chi connectivity index (χ0) is 11.0. The van der Waals surface area contributed by atoms with Gasteiger partial charge in [0.25, 0.3) is 5.91 Å². The van der Waals surface area contributed by atoms with E-state index in [9.17, 15) is 4.79 Å². The van der Waals surface area contributed by atoms with Gasteiger partial charge in [-0.15, -0.1) is 5.10 Å². The van der Waals surface area contributed by atoms with Gasteiger partial charge in [-0.2, -0.15) is 0 Å². The molecule has 1 aliphatic rings. The first-order chi connectivity index (χ1) is 7.83. The number of furan rings is 1. The highest BCUT2D eigenvalue weighted by Gasteiger charge is 2.29. The lowest BCUT2D eigenvalue weighted by Crippen LogP contribution is -2.10. The lowest BCUT2D eigenvalue weighted by atomic mass is 10.4. The number of carbonyl (C=O) groups excluding carboxylic acids is 1. The van der Waals surface area contributed by atoms with Crippen LogP contribution >= 0.6 is 0 Å². The molecule has 2 aromatic rings. The first-order valence-corrected chi connectivity index (χ1v) is 5.01. The summed E-state index contributed by atoms with van der Waals surface area (Å²) in [5.74, 6) is 0.790. The maximum Gasteiger partial charge on any atom is 0.322 e. The molecule has 1 aliphatic carbocycles. The van der Waals surface area contributed by atoms with Gasteiger partial charge >= 0.3 is 6.01 Å². The summed E-state index contributed by atoms with van der Waals surface area (Å²) in [6, 6.07) is 3.31. The van der Waals surface area contributed by atoms with Crippen molar-refractivity contribution < 1.29 is 13.6 Å². The monoisotopic (exact) mass is 219 g/mol. The predicted octanol–water partition coefficient (Wildman–Crippen LogP) is 1.79. The molecule has 1 fully saturated rings. The number of anilines is 1. The van der Waals surface area contributed by atoms with Crippen molar-refractivity contribution in [1.29, 1.82) is 0 Å². The van der Waals surface area contributed by atoms with Crippen LogP contribution < -0.4 is 5.32 Å². The van der Waals surface area contributed by atoms with Gasteiger partial charge in [0.1, 0.15) is 0 Å². The highest BCUT2D eigenvalue weighted by atomic mass is 16.4. The van der Waals surface area contributed by atoms with Gasteiger partial charge in [0.2, 0.25) is 5.89 Å². The van der Waals surface area contributed by atoms with E-state index >= 15 is 0 Å². The zero-order valence-electron chi connectivity index (χ0n) is 8.34. The van der Waals surface area contributed by atoms with E-state index in [4.69, 9.17) is 8.83 Å². The summed E-state index contributed by atoms with van der Waals surface area (Å²) in [6.07, 6.45) is 3.58. The SMILES string of the molecule is O=C(Nc1nnc(C2CC2)o1)c1ccco1. The molecule has 3 rings (SSSR count). The minimum atomic E-state index is -0.393. The molecule has 0 bridgehead atoms. The molecular weight excluding hydrogens is 210 g/mol. The third kappa shape index (κ3) is 1.69. The minimum Gasteiger partial charge on any atom is -0.459 e. The number of nitrogens with zero attached hydrogens (tertiary/aromatic N) is 2. The van der Waals surface area contributed by atoms with Crippen LogP contribution in [0.1, 0.15) is 35.2 Å². The van der Waals surface area contributed by atoms with E-state index in [1.165, 1.54) is 6.26 Å². The first-order valence-electron chi connectivity index (χ1n) is 5.01. The molecule has 2 heterocycles. The summed E-state index contributed by atoms with van der Waals surface area (Å²) in [5, 5.41) is 10.1. The van der Waals surface area contributed by atoms with Crippen molar-refractivity contribution in [2.45, 2.75) is 18.8 Å². The van der Waals surface area contributed by atoms with E-state index in [0.717, 1.165) is 12.8 Å². The maximum absolute atomic E-state index is 11.5. The number of rotatable bonds is 3. The van der Waals surface area contributed by atoms with Crippen LogP contribution in [0.2, 0.25) is 0 Å². The molecule has 0 aromatic carbocycles. The van der Waals surface area contributed by atoms with E-state index in [0.29, 0.717) is 11.8 Å². The molecule has 82 valence electrons. The third-order valence-corrected chi connectivity index (χ3v) is 2.33. The molecule has 2 aromatic heterocycles. The number of hydrogen-bond donors (Lipinski definition) is 1. The van der Waals surface area contributed by atoms with Gasteiger partial charge < -0.3 is 8.83 Å². The summed E-state index contributed by atoms with van der Waals surface area (Å²) < 4.78 is 10.2. The highest BCUT2D eigenvalue weighted by Crippen LogP contribution is 2.39. The van der Waals surface area contributed by atoms with Gasteiger partial charge in [-0.1, -0.05) is 5.10 Å². The van der Waals surface area contributed by atoms with Crippen LogP contribution in [-0.2, 0) is 0 Å². The largest absolute Gasteiger partial charge is 0.459 e. The second-order valence-electron chi connectivity index (χ2n) is 3.65. The third-order valence-electron chi connectivity index (χ3n) is 2.33. The highest BCUT2D eigenvalue weighted by molar-refractivity contribution is 6.00. The Hall–Kier alpha value is -2.11. The van der Waals surface area contributed by atoms with Crippen LogP contribution in [-0.4, -0.2) is 16.1 Å². The molecule has 6 heteroatoms. The van der Waals surface area contributed by atoms with Crippen LogP contribution in [0.25, 0.3) is 0 Å². The van der Waals surface area contributed by atoms with E-state index in [1.54, 1.807) is 12.1 Å². The van der Waals surface area contributed by atoms with Crippen LogP contribution in [0.15, 0.2) is 27.2 Å². The Morgan fingerprint density at radius 1 is 1.44 bits per heavy atom. The fourth-order valence-corrected chi connectivity index (χ4v) is 1.35. The summed E-state index contributed by atoms with van der Waals surface area (Å²) in [5.41, 5.74) is 0. The van der Waals surface area contributed by atoms with Gasteiger partial charge in [0.05, 0.1) is 6.26 Å². The van der Waals surface area contributed by atoms with Crippen LogP contribution in [0.3, 0.4) is 0 Å². The number of hydrogen-bond acceptors (Lipinski definition) is 5. The Labute approximate surface area is 90.7 Å². The van der Waals surface area contributed by atoms with E-state index in [2.05, 4.69) is 15.5 Å². The zero-order valence-corrected chi connectivity index (χ0v) is 8.34. The fourth-order valence-electron chi connectivity index (χ4n) is 1.35. The Morgan fingerprint density at radius 3 is 3.00 bits per heavy atom. The number of amides is 1. The smallest absolute Gasteiger partial charge is 0.322 e. The second-order valence-corrected chi connectivity index (χ2v) is 3.65. The Kier molecular flexibility index (Phi) is 1.99. The second kappa shape index (κ2) is 3.48. The molecule has 16 heavy (non-hydrogen) atoms. The van der Waals surface area contributed by atoms with Crippen molar-refractivity contribution in [2.24, 2.45) is 0 Å². The summed E-state index contributed by atoms with van der Waals surface area (Å²) in [6.45, 7) is 0. The van der Waals surface area contributed by atoms with Gasteiger partial charge in [-0.05, 0) is 25.0 Å². The molecule has 0 radical (unpaired) electrons. The number of nitrogens with one attached hydrogen (secondary N) is 1. The predicted molar refractivity (Wildman–Crippen MR) is 52.9 cm³/mol. The lowest BCUT2D eigenvalue weighted by molar-refractivity contribution is 0.0993. The molecule has 0 aliphatic heterocycles. The van der Waals surface area contributed by atoms with Crippen molar-refractivity contribution in [3.8, 4) is 0 Å². The summed E-state index contributed by atoms with van der Waals surface area (Å²) >= 11 is 0.